The van der Waals surface area contributed by atoms with Gasteiger partial charge in [-0.25, -0.2) is 0 Å². The molecular formula is C22H18N2OS3. The van der Waals surface area contributed by atoms with Crippen molar-refractivity contribution in [3.63, 3.8) is 0 Å². The van der Waals surface area contributed by atoms with Crippen LogP contribution in [0.25, 0.3) is 10.6 Å². The number of carbonyl (C=O) groups excluding carboxylic acids is 1. The number of hydrogen-bond donors (Lipinski definition) is 0. The summed E-state index contributed by atoms with van der Waals surface area (Å²) in [6.07, 6.45) is 3.88. The minimum atomic E-state index is -0.0444. The van der Waals surface area contributed by atoms with Crippen molar-refractivity contribution in [1.29, 1.82) is 0 Å². The molecular weight excluding hydrogens is 404 g/mol. The third-order valence-corrected chi connectivity index (χ3v) is 7.29. The molecule has 0 aromatic heterocycles. The molecule has 0 unspecified atom stereocenters. The number of carbonyl (C=O) groups is 1. The number of benzene rings is 2. The van der Waals surface area contributed by atoms with E-state index in [2.05, 4.69) is 60.5 Å². The van der Waals surface area contributed by atoms with Crippen molar-refractivity contribution >= 4 is 56.6 Å². The van der Waals surface area contributed by atoms with Crippen LogP contribution < -0.4 is 0 Å². The molecule has 3 nitrogen and oxygen atoms in total. The van der Waals surface area contributed by atoms with Crippen molar-refractivity contribution in [3.05, 3.63) is 93.9 Å². The zero-order chi connectivity index (χ0) is 19.7. The number of hydrogen-bond acceptors (Lipinski definition) is 5. The van der Waals surface area contributed by atoms with Gasteiger partial charge >= 0.3 is 0 Å². The first-order valence-corrected chi connectivity index (χ1v) is 10.8. The highest BCUT2D eigenvalue weighted by Crippen LogP contribution is 2.49. The fourth-order valence-electron chi connectivity index (χ4n) is 3.04. The van der Waals surface area contributed by atoms with E-state index in [0.29, 0.717) is 9.23 Å². The predicted octanol–water partition coefficient (Wildman–Crippen LogP) is 5.41. The molecule has 0 aliphatic carbocycles. The normalized spacial score (nSPS) is 20.2. The maximum Gasteiger partial charge on any atom is 0.265 e. The van der Waals surface area contributed by atoms with Crippen molar-refractivity contribution in [2.45, 2.75) is 0 Å². The van der Waals surface area contributed by atoms with Gasteiger partial charge in [0.2, 0.25) is 0 Å². The summed E-state index contributed by atoms with van der Waals surface area (Å²) in [4.78, 5) is 17.8. The van der Waals surface area contributed by atoms with Crippen LogP contribution in [-0.4, -0.2) is 34.1 Å². The van der Waals surface area contributed by atoms with Crippen molar-refractivity contribution in [2.75, 3.05) is 14.1 Å². The van der Waals surface area contributed by atoms with Crippen LogP contribution in [0.15, 0.2) is 82.7 Å². The Kier molecular flexibility index (Phi) is 5.44. The first kappa shape index (κ1) is 19.1. The second-order valence-corrected chi connectivity index (χ2v) is 9.05. The van der Waals surface area contributed by atoms with Gasteiger partial charge in [-0.3, -0.25) is 9.69 Å². The minimum Gasteiger partial charge on any atom is -0.338 e. The molecule has 28 heavy (non-hydrogen) atoms. The summed E-state index contributed by atoms with van der Waals surface area (Å²) >= 11 is 8.28. The number of rotatable bonds is 3. The molecule has 0 N–H and O–H groups in total. The molecule has 0 radical (unpaired) electrons. The molecule has 0 spiro atoms. The Hall–Kier alpha value is -2.28. The highest BCUT2D eigenvalue weighted by molar-refractivity contribution is 8.26. The van der Waals surface area contributed by atoms with E-state index in [1.54, 1.807) is 18.8 Å². The maximum absolute atomic E-state index is 12.3. The molecule has 4 rings (SSSR count). The molecule has 2 aliphatic rings. The van der Waals surface area contributed by atoms with E-state index in [-0.39, 0.29) is 5.91 Å². The van der Waals surface area contributed by atoms with Gasteiger partial charge in [0.1, 0.15) is 4.32 Å². The molecule has 6 heteroatoms. The predicted molar refractivity (Wildman–Crippen MR) is 124 cm³/mol. The number of thiocarbonyl (C=S) groups is 1. The van der Waals surface area contributed by atoms with Crippen molar-refractivity contribution in [2.24, 2.45) is 0 Å². The van der Waals surface area contributed by atoms with E-state index >= 15 is 0 Å². The van der Waals surface area contributed by atoms with E-state index in [9.17, 15) is 4.79 Å². The third-order valence-electron chi connectivity index (χ3n) is 4.53. The SMILES string of the molecule is CN1C(=O)/C(=C/C=C2\SC(c3ccccc3)=C(c3ccccc3)N2C)SC1=S. The van der Waals surface area contributed by atoms with E-state index < -0.39 is 0 Å². The molecule has 2 heterocycles. The lowest BCUT2D eigenvalue weighted by Gasteiger charge is -2.18. The Morgan fingerprint density at radius 3 is 2.00 bits per heavy atom. The van der Waals surface area contributed by atoms with E-state index in [4.69, 9.17) is 12.2 Å². The lowest BCUT2D eigenvalue weighted by Crippen LogP contribution is -2.22. The molecule has 0 atom stereocenters. The number of likely N-dealkylation sites (N-methyl/N-ethyl adjacent to an activating group) is 1. The van der Waals surface area contributed by atoms with Crippen LogP contribution in [0.3, 0.4) is 0 Å². The second-order valence-electron chi connectivity index (χ2n) is 6.34. The van der Waals surface area contributed by atoms with Crippen LogP contribution in [0.5, 0.6) is 0 Å². The highest BCUT2D eigenvalue weighted by atomic mass is 32.2. The Labute approximate surface area is 178 Å². The van der Waals surface area contributed by atoms with E-state index in [0.717, 1.165) is 5.03 Å². The van der Waals surface area contributed by atoms with Crippen LogP contribution >= 0.6 is 35.7 Å². The van der Waals surface area contributed by atoms with Crippen LogP contribution in [0.2, 0.25) is 0 Å². The molecule has 2 aromatic rings. The molecule has 1 saturated heterocycles. The molecule has 0 saturated carbocycles. The zero-order valence-electron chi connectivity index (χ0n) is 15.5. The largest absolute Gasteiger partial charge is 0.338 e. The Morgan fingerprint density at radius 1 is 0.821 bits per heavy atom. The first-order valence-electron chi connectivity index (χ1n) is 8.75. The second kappa shape index (κ2) is 7.99. The van der Waals surface area contributed by atoms with Crippen LogP contribution in [0.1, 0.15) is 11.1 Å². The van der Waals surface area contributed by atoms with Gasteiger partial charge in [-0.05, 0) is 23.3 Å². The lowest BCUT2D eigenvalue weighted by atomic mass is 10.1. The molecule has 2 aromatic carbocycles. The first-order chi connectivity index (χ1) is 13.6. The molecule has 1 amide bonds. The van der Waals surface area contributed by atoms with Crippen LogP contribution in [0.4, 0.5) is 0 Å². The summed E-state index contributed by atoms with van der Waals surface area (Å²) in [5.74, 6) is -0.0444. The monoisotopic (exact) mass is 422 g/mol. The molecule has 140 valence electrons. The Morgan fingerprint density at radius 2 is 1.43 bits per heavy atom. The summed E-state index contributed by atoms with van der Waals surface area (Å²) in [6.45, 7) is 0. The van der Waals surface area contributed by atoms with Gasteiger partial charge in [-0.15, -0.1) is 0 Å². The standard InChI is InChI=1S/C22H18N2OS3/c1-23-18(14-13-17-21(25)24(2)22(26)27-17)28-20(16-11-7-4-8-12-16)19(23)15-9-5-3-6-10-15/h3-14H,1-2H3/b17-13-,18-14-. The van der Waals surface area contributed by atoms with Gasteiger partial charge in [0.15, 0.2) is 0 Å². The van der Waals surface area contributed by atoms with Gasteiger partial charge < -0.3 is 4.90 Å². The van der Waals surface area contributed by atoms with Gasteiger partial charge in [0.25, 0.3) is 5.91 Å². The summed E-state index contributed by atoms with van der Waals surface area (Å²) < 4.78 is 0.593. The fourth-order valence-corrected chi connectivity index (χ4v) is 5.34. The maximum atomic E-state index is 12.3. The third kappa shape index (κ3) is 3.55. The summed E-state index contributed by atoms with van der Waals surface area (Å²) in [5, 5.41) is 1.07. The smallest absolute Gasteiger partial charge is 0.265 e. The highest BCUT2D eigenvalue weighted by Gasteiger charge is 2.30. The zero-order valence-corrected chi connectivity index (χ0v) is 17.9. The lowest BCUT2D eigenvalue weighted by molar-refractivity contribution is -0.121. The average molecular weight is 423 g/mol. The van der Waals surface area contributed by atoms with Gasteiger partial charge in [-0.1, -0.05) is 96.4 Å². The Balaban J connectivity index is 1.73. The molecule has 0 bridgehead atoms. The number of nitrogens with zero attached hydrogens (tertiary/aromatic N) is 2. The van der Waals surface area contributed by atoms with Crippen LogP contribution in [0, 0.1) is 0 Å². The molecule has 1 fully saturated rings. The average Bonchev–Trinajstić information content (AvgIpc) is 3.19. The minimum absolute atomic E-state index is 0.0444. The van der Waals surface area contributed by atoms with Crippen molar-refractivity contribution < 1.29 is 4.79 Å². The van der Waals surface area contributed by atoms with Gasteiger partial charge in [0, 0.05) is 19.0 Å². The number of amides is 1. The number of allylic oxidation sites excluding steroid dienone is 2. The Bertz CT molecular complexity index is 1030. The fraction of sp³-hybridized carbons (Fsp3) is 0.0909. The van der Waals surface area contributed by atoms with E-state index in [1.807, 2.05) is 24.3 Å². The summed E-state index contributed by atoms with van der Waals surface area (Å²) in [5.41, 5.74) is 3.51. The van der Waals surface area contributed by atoms with Crippen molar-refractivity contribution in [3.8, 4) is 0 Å². The van der Waals surface area contributed by atoms with Gasteiger partial charge in [0.05, 0.1) is 15.6 Å². The molecule has 2 aliphatic heterocycles. The van der Waals surface area contributed by atoms with Gasteiger partial charge in [-0.2, -0.15) is 0 Å². The number of thioether (sulfide) groups is 2. The summed E-state index contributed by atoms with van der Waals surface area (Å²) in [6, 6.07) is 20.8. The topological polar surface area (TPSA) is 23.6 Å². The van der Waals surface area contributed by atoms with Crippen molar-refractivity contribution in [1.82, 2.24) is 9.80 Å². The van der Waals surface area contributed by atoms with E-state index in [1.165, 1.54) is 38.4 Å². The van der Waals surface area contributed by atoms with Crippen LogP contribution in [-0.2, 0) is 4.79 Å². The quantitative estimate of drug-likeness (QED) is 0.486. The summed E-state index contributed by atoms with van der Waals surface area (Å²) in [7, 11) is 3.78.